The second-order valence-electron chi connectivity index (χ2n) is 4.98. The van der Waals surface area contributed by atoms with Gasteiger partial charge in [0.25, 0.3) is 0 Å². The molecule has 0 amide bonds. The van der Waals surface area contributed by atoms with E-state index in [0.29, 0.717) is 11.2 Å². The summed E-state index contributed by atoms with van der Waals surface area (Å²) < 4.78 is 0. The van der Waals surface area contributed by atoms with E-state index in [2.05, 4.69) is 24.1 Å². The minimum atomic E-state index is 0.558. The first-order valence-electron chi connectivity index (χ1n) is 6.03. The van der Waals surface area contributed by atoms with Crippen LogP contribution in [0, 0.1) is 11.8 Å². The summed E-state index contributed by atoms with van der Waals surface area (Å²) in [7, 11) is 0. The van der Waals surface area contributed by atoms with Crippen molar-refractivity contribution in [3.8, 4) is 0 Å². The number of rotatable bonds is 2. The number of hydrogen-bond acceptors (Lipinski definition) is 2. The SMILES string of the molecule is CC1CCC(Nc2ccnc(Cl)c2)CC1C. The summed E-state index contributed by atoms with van der Waals surface area (Å²) in [6, 6.07) is 4.46. The molecule has 0 aliphatic heterocycles. The van der Waals surface area contributed by atoms with Gasteiger partial charge in [-0.1, -0.05) is 25.4 Å². The van der Waals surface area contributed by atoms with Crippen molar-refractivity contribution in [2.45, 2.75) is 39.2 Å². The average Bonchev–Trinajstić information content (AvgIpc) is 2.24. The highest BCUT2D eigenvalue weighted by Gasteiger charge is 2.24. The number of aromatic nitrogens is 1. The molecule has 0 bridgehead atoms. The molecule has 1 aliphatic carbocycles. The molecule has 1 aromatic heterocycles. The van der Waals surface area contributed by atoms with Gasteiger partial charge in [-0.15, -0.1) is 0 Å². The van der Waals surface area contributed by atoms with E-state index < -0.39 is 0 Å². The predicted octanol–water partition coefficient (Wildman–Crippen LogP) is 3.97. The second kappa shape index (κ2) is 5.05. The molecule has 1 aliphatic rings. The van der Waals surface area contributed by atoms with Crippen LogP contribution >= 0.6 is 11.6 Å². The Morgan fingerprint density at radius 3 is 2.81 bits per heavy atom. The molecule has 2 nitrogen and oxygen atoms in total. The molecule has 0 spiro atoms. The van der Waals surface area contributed by atoms with Gasteiger partial charge in [0, 0.05) is 17.9 Å². The third-order valence-electron chi connectivity index (χ3n) is 3.70. The Morgan fingerprint density at radius 2 is 2.12 bits per heavy atom. The van der Waals surface area contributed by atoms with Crippen LogP contribution < -0.4 is 5.32 Å². The van der Waals surface area contributed by atoms with E-state index >= 15 is 0 Å². The molecule has 0 saturated heterocycles. The molecule has 3 atom stereocenters. The summed E-state index contributed by atoms with van der Waals surface area (Å²) in [6.07, 6.45) is 5.57. The van der Waals surface area contributed by atoms with E-state index in [1.165, 1.54) is 19.3 Å². The van der Waals surface area contributed by atoms with Crippen molar-refractivity contribution >= 4 is 17.3 Å². The lowest BCUT2D eigenvalue weighted by Crippen LogP contribution is -2.30. The number of hydrogen-bond donors (Lipinski definition) is 1. The lowest BCUT2D eigenvalue weighted by atomic mass is 9.79. The molecular weight excluding hydrogens is 220 g/mol. The van der Waals surface area contributed by atoms with Crippen molar-refractivity contribution in [3.63, 3.8) is 0 Å². The first kappa shape index (κ1) is 11.7. The number of pyridine rings is 1. The van der Waals surface area contributed by atoms with Crippen molar-refractivity contribution in [3.05, 3.63) is 23.5 Å². The topological polar surface area (TPSA) is 24.9 Å². The summed E-state index contributed by atoms with van der Waals surface area (Å²) in [5, 5.41) is 4.11. The molecule has 1 heterocycles. The quantitative estimate of drug-likeness (QED) is 0.789. The van der Waals surface area contributed by atoms with Crippen LogP contribution in [0.1, 0.15) is 33.1 Å². The van der Waals surface area contributed by atoms with E-state index in [1.54, 1.807) is 6.20 Å². The zero-order chi connectivity index (χ0) is 11.5. The van der Waals surface area contributed by atoms with Gasteiger partial charge in [0.2, 0.25) is 0 Å². The molecule has 0 radical (unpaired) electrons. The highest BCUT2D eigenvalue weighted by molar-refractivity contribution is 6.29. The van der Waals surface area contributed by atoms with Crippen molar-refractivity contribution in [2.75, 3.05) is 5.32 Å². The molecule has 1 saturated carbocycles. The molecule has 3 unspecified atom stereocenters. The van der Waals surface area contributed by atoms with Crippen LogP contribution in [0.4, 0.5) is 5.69 Å². The number of nitrogens with zero attached hydrogens (tertiary/aromatic N) is 1. The third kappa shape index (κ3) is 2.88. The Balaban J connectivity index is 1.95. The molecule has 16 heavy (non-hydrogen) atoms. The average molecular weight is 239 g/mol. The van der Waals surface area contributed by atoms with E-state index in [1.807, 2.05) is 12.1 Å². The summed E-state index contributed by atoms with van der Waals surface area (Å²) in [5.74, 6) is 1.67. The maximum absolute atomic E-state index is 5.86. The van der Waals surface area contributed by atoms with Gasteiger partial charge in [-0.2, -0.15) is 0 Å². The summed E-state index contributed by atoms with van der Waals surface area (Å²) >= 11 is 5.86. The van der Waals surface area contributed by atoms with Gasteiger partial charge in [0.1, 0.15) is 5.15 Å². The molecule has 3 heteroatoms. The number of nitrogens with one attached hydrogen (secondary N) is 1. The first-order chi connectivity index (χ1) is 7.65. The Bertz CT molecular complexity index is 354. The van der Waals surface area contributed by atoms with E-state index in [-0.39, 0.29) is 0 Å². The standard InChI is InChI=1S/C13H19ClN2/c1-9-3-4-11(7-10(9)2)16-12-5-6-15-13(14)8-12/h5-6,8-11H,3-4,7H2,1-2H3,(H,15,16). The van der Waals surface area contributed by atoms with Gasteiger partial charge in [0.15, 0.2) is 0 Å². The summed E-state index contributed by atoms with van der Waals surface area (Å²) in [4.78, 5) is 3.99. The van der Waals surface area contributed by atoms with Gasteiger partial charge in [0.05, 0.1) is 0 Å². The van der Waals surface area contributed by atoms with Crippen molar-refractivity contribution in [1.82, 2.24) is 4.98 Å². The largest absolute Gasteiger partial charge is 0.382 e. The Kier molecular flexibility index (Phi) is 3.70. The molecule has 1 fully saturated rings. The fourth-order valence-electron chi connectivity index (χ4n) is 2.41. The Morgan fingerprint density at radius 1 is 1.31 bits per heavy atom. The van der Waals surface area contributed by atoms with Crippen LogP contribution in [0.2, 0.25) is 5.15 Å². The zero-order valence-electron chi connectivity index (χ0n) is 9.91. The lowest BCUT2D eigenvalue weighted by Gasteiger charge is -2.33. The van der Waals surface area contributed by atoms with Crippen LogP contribution in [0.3, 0.4) is 0 Å². The van der Waals surface area contributed by atoms with Crippen molar-refractivity contribution in [2.24, 2.45) is 11.8 Å². The zero-order valence-corrected chi connectivity index (χ0v) is 10.7. The molecule has 88 valence electrons. The van der Waals surface area contributed by atoms with Crippen molar-refractivity contribution < 1.29 is 0 Å². The van der Waals surface area contributed by atoms with Gasteiger partial charge < -0.3 is 5.32 Å². The van der Waals surface area contributed by atoms with Crippen LogP contribution in [0.5, 0.6) is 0 Å². The third-order valence-corrected chi connectivity index (χ3v) is 3.90. The summed E-state index contributed by atoms with van der Waals surface area (Å²) in [5.41, 5.74) is 1.09. The smallest absolute Gasteiger partial charge is 0.131 e. The van der Waals surface area contributed by atoms with Crippen LogP contribution in [-0.4, -0.2) is 11.0 Å². The highest BCUT2D eigenvalue weighted by atomic mass is 35.5. The van der Waals surface area contributed by atoms with Crippen LogP contribution in [0.25, 0.3) is 0 Å². The lowest BCUT2D eigenvalue weighted by molar-refractivity contribution is 0.261. The van der Waals surface area contributed by atoms with E-state index in [0.717, 1.165) is 17.5 Å². The minimum Gasteiger partial charge on any atom is -0.382 e. The number of anilines is 1. The predicted molar refractivity (Wildman–Crippen MR) is 68.8 cm³/mol. The molecule has 2 rings (SSSR count). The van der Waals surface area contributed by atoms with E-state index in [4.69, 9.17) is 11.6 Å². The first-order valence-corrected chi connectivity index (χ1v) is 6.41. The normalized spacial score (nSPS) is 30.1. The molecular formula is C13H19ClN2. The van der Waals surface area contributed by atoms with Crippen LogP contribution in [-0.2, 0) is 0 Å². The molecule has 1 aromatic rings. The number of halogens is 1. The fourth-order valence-corrected chi connectivity index (χ4v) is 2.58. The van der Waals surface area contributed by atoms with Gasteiger partial charge in [-0.3, -0.25) is 0 Å². The fraction of sp³-hybridized carbons (Fsp3) is 0.615. The minimum absolute atomic E-state index is 0.558. The summed E-state index contributed by atoms with van der Waals surface area (Å²) in [6.45, 7) is 4.70. The van der Waals surface area contributed by atoms with Gasteiger partial charge in [-0.05, 0) is 43.2 Å². The Hall–Kier alpha value is -0.760. The molecule has 0 aromatic carbocycles. The van der Waals surface area contributed by atoms with Gasteiger partial charge >= 0.3 is 0 Å². The molecule has 1 N–H and O–H groups in total. The maximum atomic E-state index is 5.86. The monoisotopic (exact) mass is 238 g/mol. The highest BCUT2D eigenvalue weighted by Crippen LogP contribution is 2.31. The van der Waals surface area contributed by atoms with Gasteiger partial charge in [-0.25, -0.2) is 4.98 Å². The Labute approximate surface area is 102 Å². The second-order valence-corrected chi connectivity index (χ2v) is 5.36. The van der Waals surface area contributed by atoms with Crippen LogP contribution in [0.15, 0.2) is 18.3 Å². The maximum Gasteiger partial charge on any atom is 0.131 e. The van der Waals surface area contributed by atoms with Crippen molar-refractivity contribution in [1.29, 1.82) is 0 Å². The van der Waals surface area contributed by atoms with E-state index in [9.17, 15) is 0 Å².